The summed E-state index contributed by atoms with van der Waals surface area (Å²) in [5.41, 5.74) is 11.2. The van der Waals surface area contributed by atoms with Crippen LogP contribution in [-0.4, -0.2) is 28.8 Å². The van der Waals surface area contributed by atoms with Crippen LogP contribution in [0.4, 0.5) is 18.9 Å². The van der Waals surface area contributed by atoms with Gasteiger partial charge in [0.05, 0.1) is 11.1 Å². The summed E-state index contributed by atoms with van der Waals surface area (Å²) in [7, 11) is 1.25. The number of hydrogen-bond acceptors (Lipinski definition) is 4. The number of guanidine groups is 1. The third-order valence-electron chi connectivity index (χ3n) is 4.33. The van der Waals surface area contributed by atoms with E-state index in [1.54, 1.807) is 24.3 Å². The van der Waals surface area contributed by atoms with E-state index in [1.807, 2.05) is 0 Å². The Kier molecular flexibility index (Phi) is 5.10. The molecule has 0 unspecified atom stereocenters. The number of ether oxygens (including phenoxy) is 1. The molecule has 0 fully saturated rings. The summed E-state index contributed by atoms with van der Waals surface area (Å²) in [6, 6.07) is 10.0. The summed E-state index contributed by atoms with van der Waals surface area (Å²) in [6.07, 6.45) is -4.62. The largest absolute Gasteiger partial charge is 0.487 e. The number of aromatic amines is 1. The lowest BCUT2D eigenvalue weighted by molar-refractivity contribution is -0.136. The number of nitrogens with one attached hydrogen (secondary N) is 2. The zero-order chi connectivity index (χ0) is 21.3. The molecule has 1 aromatic heterocycles. The van der Waals surface area contributed by atoms with Crippen molar-refractivity contribution in [1.29, 1.82) is 5.41 Å². The molecule has 0 aliphatic carbocycles. The summed E-state index contributed by atoms with van der Waals surface area (Å²) in [5.74, 6) is -1.13. The summed E-state index contributed by atoms with van der Waals surface area (Å²) in [6.45, 7) is 0.0936. The molecule has 0 aliphatic heterocycles. The lowest BCUT2D eigenvalue weighted by Crippen LogP contribution is -2.38. The van der Waals surface area contributed by atoms with Crippen LogP contribution < -0.4 is 16.2 Å². The van der Waals surface area contributed by atoms with Gasteiger partial charge in [-0.25, -0.2) is 0 Å². The van der Waals surface area contributed by atoms with Crippen molar-refractivity contribution >= 4 is 28.5 Å². The minimum atomic E-state index is -4.62. The number of fused-ring (bicyclic) bond motifs is 1. The Morgan fingerprint density at radius 1 is 1.21 bits per heavy atom. The molecule has 29 heavy (non-hydrogen) atoms. The number of halogens is 3. The van der Waals surface area contributed by atoms with E-state index >= 15 is 0 Å². The molecule has 3 rings (SSSR count). The van der Waals surface area contributed by atoms with E-state index in [1.165, 1.54) is 13.1 Å². The van der Waals surface area contributed by atoms with E-state index in [9.17, 15) is 18.0 Å². The molecule has 7 nitrogen and oxygen atoms in total. The molecule has 1 heterocycles. The van der Waals surface area contributed by atoms with Gasteiger partial charge < -0.3 is 21.2 Å². The van der Waals surface area contributed by atoms with Gasteiger partial charge in [-0.1, -0.05) is 12.1 Å². The lowest BCUT2D eigenvalue weighted by atomic mass is 10.1. The van der Waals surface area contributed by atoms with Crippen LogP contribution in [0, 0.1) is 5.41 Å². The zero-order valence-electron chi connectivity index (χ0n) is 15.3. The van der Waals surface area contributed by atoms with Crippen molar-refractivity contribution in [2.45, 2.75) is 12.8 Å². The van der Waals surface area contributed by atoms with Crippen LogP contribution in [0.3, 0.4) is 0 Å². The number of amides is 1. The summed E-state index contributed by atoms with van der Waals surface area (Å²) in [5, 5.41) is 7.11. The number of nitrogens with two attached hydrogens (primary N) is 2. The second-order valence-electron chi connectivity index (χ2n) is 6.36. The minimum absolute atomic E-state index is 0.0237. The molecular formula is C19H18F3N5O2. The fourth-order valence-corrected chi connectivity index (χ4v) is 2.74. The molecule has 2 aromatic carbocycles. The van der Waals surface area contributed by atoms with E-state index in [2.05, 4.69) is 4.98 Å². The van der Waals surface area contributed by atoms with Gasteiger partial charge in [-0.05, 0) is 35.9 Å². The number of benzene rings is 2. The number of H-pyrrole nitrogens is 1. The van der Waals surface area contributed by atoms with Gasteiger partial charge >= 0.3 is 6.18 Å². The first-order valence-electron chi connectivity index (χ1n) is 8.40. The van der Waals surface area contributed by atoms with Crippen LogP contribution in [0.2, 0.25) is 0 Å². The molecule has 0 spiro atoms. The third-order valence-corrected chi connectivity index (χ3v) is 4.33. The average Bonchev–Trinajstić information content (AvgIpc) is 3.10. The predicted octanol–water partition coefficient (Wildman–Crippen LogP) is 3.31. The van der Waals surface area contributed by atoms with Gasteiger partial charge in [0.25, 0.3) is 5.91 Å². The van der Waals surface area contributed by atoms with E-state index in [0.717, 1.165) is 22.6 Å². The van der Waals surface area contributed by atoms with Crippen LogP contribution in [0.15, 0.2) is 42.5 Å². The van der Waals surface area contributed by atoms with Gasteiger partial charge in [0.2, 0.25) is 0 Å². The first-order valence-corrected chi connectivity index (χ1v) is 8.40. The SMILES string of the molecule is CN(C(=N)N)C(=O)c1cc2c(C(F)(F)F)ccc(OCc3ccc(N)cc3)c2[nH]1. The Balaban J connectivity index is 2.02. The molecule has 6 N–H and O–H groups in total. The first kappa shape index (κ1) is 20.1. The van der Waals surface area contributed by atoms with Crippen LogP contribution >= 0.6 is 0 Å². The number of carbonyl (C=O) groups is 1. The smallest absolute Gasteiger partial charge is 0.417 e. The first-order chi connectivity index (χ1) is 13.6. The number of alkyl halides is 3. The molecule has 152 valence electrons. The summed E-state index contributed by atoms with van der Waals surface area (Å²) >= 11 is 0. The fraction of sp³-hybridized carbons (Fsp3) is 0.158. The number of hydrogen-bond donors (Lipinski definition) is 4. The normalized spacial score (nSPS) is 11.4. The molecule has 1 amide bonds. The summed E-state index contributed by atoms with van der Waals surface area (Å²) in [4.78, 5) is 15.9. The number of nitrogen functional groups attached to an aromatic ring is 1. The van der Waals surface area contributed by atoms with Crippen molar-refractivity contribution in [3.05, 3.63) is 59.3 Å². The molecule has 3 aromatic rings. The Bertz CT molecular complexity index is 1070. The van der Waals surface area contributed by atoms with Crippen LogP contribution in [-0.2, 0) is 12.8 Å². The van der Waals surface area contributed by atoms with E-state index in [0.29, 0.717) is 5.69 Å². The second kappa shape index (κ2) is 7.38. The number of rotatable bonds is 4. The van der Waals surface area contributed by atoms with E-state index < -0.39 is 23.6 Å². The van der Waals surface area contributed by atoms with Crippen molar-refractivity contribution in [2.24, 2.45) is 5.73 Å². The standard InChI is InChI=1S/C19H18F3N5O2/c1-27(18(24)25)17(28)14-8-12-13(19(20,21)22)6-7-15(16(12)26-14)29-9-10-2-4-11(23)5-3-10/h2-8,26H,9,23H2,1H3,(H3,24,25). The third kappa shape index (κ3) is 4.10. The fourth-order valence-electron chi connectivity index (χ4n) is 2.74. The van der Waals surface area contributed by atoms with Gasteiger partial charge in [-0.15, -0.1) is 0 Å². The van der Waals surface area contributed by atoms with E-state index in [4.69, 9.17) is 21.6 Å². The van der Waals surface area contributed by atoms with Crippen molar-refractivity contribution in [1.82, 2.24) is 9.88 Å². The molecular weight excluding hydrogens is 387 g/mol. The quantitative estimate of drug-likeness (QED) is 0.302. The van der Waals surface area contributed by atoms with Crippen LogP contribution in [0.1, 0.15) is 21.6 Å². The van der Waals surface area contributed by atoms with Crippen LogP contribution in [0.25, 0.3) is 10.9 Å². The Hall–Kier alpha value is -3.69. The highest BCUT2D eigenvalue weighted by Gasteiger charge is 2.34. The average molecular weight is 405 g/mol. The Labute approximate surface area is 163 Å². The monoisotopic (exact) mass is 405 g/mol. The maximum atomic E-state index is 13.4. The van der Waals surface area contributed by atoms with Gasteiger partial charge in [-0.3, -0.25) is 15.1 Å². The van der Waals surface area contributed by atoms with Crippen molar-refractivity contribution in [3.63, 3.8) is 0 Å². The molecule has 0 saturated heterocycles. The molecule has 0 atom stereocenters. The van der Waals surface area contributed by atoms with E-state index in [-0.39, 0.29) is 29.0 Å². The molecule has 0 aliphatic rings. The topological polar surface area (TPSA) is 121 Å². The highest BCUT2D eigenvalue weighted by atomic mass is 19.4. The van der Waals surface area contributed by atoms with Crippen molar-refractivity contribution < 1.29 is 22.7 Å². The number of nitrogens with zero attached hydrogens (tertiary/aromatic N) is 1. The number of anilines is 1. The Morgan fingerprint density at radius 2 is 1.86 bits per heavy atom. The molecule has 0 bridgehead atoms. The number of aromatic nitrogens is 1. The van der Waals surface area contributed by atoms with Crippen molar-refractivity contribution in [2.75, 3.05) is 12.8 Å². The highest BCUT2D eigenvalue weighted by Crippen LogP contribution is 2.39. The van der Waals surface area contributed by atoms with Gasteiger partial charge in [0, 0.05) is 18.1 Å². The minimum Gasteiger partial charge on any atom is -0.487 e. The predicted molar refractivity (Wildman–Crippen MR) is 102 cm³/mol. The summed E-state index contributed by atoms with van der Waals surface area (Å²) < 4.78 is 45.9. The van der Waals surface area contributed by atoms with Gasteiger partial charge in [0.15, 0.2) is 5.96 Å². The molecule has 10 heteroatoms. The number of carbonyl (C=O) groups excluding carboxylic acids is 1. The van der Waals surface area contributed by atoms with Gasteiger partial charge in [0.1, 0.15) is 18.1 Å². The van der Waals surface area contributed by atoms with Crippen molar-refractivity contribution in [3.8, 4) is 5.75 Å². The molecule has 0 saturated carbocycles. The lowest BCUT2D eigenvalue weighted by Gasteiger charge is -2.13. The maximum absolute atomic E-state index is 13.4. The Morgan fingerprint density at radius 3 is 2.45 bits per heavy atom. The maximum Gasteiger partial charge on any atom is 0.417 e. The second-order valence-corrected chi connectivity index (χ2v) is 6.36. The molecule has 0 radical (unpaired) electrons. The van der Waals surface area contributed by atoms with Crippen LogP contribution in [0.5, 0.6) is 5.75 Å². The zero-order valence-corrected chi connectivity index (χ0v) is 15.3. The highest BCUT2D eigenvalue weighted by molar-refractivity contribution is 6.06. The van der Waals surface area contributed by atoms with Gasteiger partial charge in [-0.2, -0.15) is 13.2 Å².